The third-order valence-electron chi connectivity index (χ3n) is 4.84. The van der Waals surface area contributed by atoms with Crippen LogP contribution in [0.2, 0.25) is 0 Å². The number of hydrogen-bond acceptors (Lipinski definition) is 7. The fraction of sp³-hybridized carbons (Fsp3) is 0.130. The Morgan fingerprint density at radius 2 is 1.72 bits per heavy atom. The van der Waals surface area contributed by atoms with Crippen molar-refractivity contribution in [3.63, 3.8) is 0 Å². The second-order valence-corrected chi connectivity index (χ2v) is 7.56. The minimum Gasteiger partial charge on any atom is -0.355 e. The van der Waals surface area contributed by atoms with Gasteiger partial charge < -0.3 is 16.0 Å². The van der Waals surface area contributed by atoms with E-state index in [2.05, 4.69) is 46.9 Å². The smallest absolute Gasteiger partial charge is 0.320 e. The number of tetrazole rings is 1. The summed E-state index contributed by atoms with van der Waals surface area (Å²) in [6.07, 6.45) is 1.74. The van der Waals surface area contributed by atoms with Crippen LogP contribution in [0.1, 0.15) is 28.7 Å². The number of aromatic nitrogens is 5. The second kappa shape index (κ2) is 11.0. The molecule has 3 amide bonds. The number of aromatic amines is 1. The van der Waals surface area contributed by atoms with E-state index in [1.165, 1.54) is 12.3 Å². The SMILES string of the molecule is CCNC(=O)Nc1cc(Nc2cc(F)cc(F)c2)c(C(=O)Nc2ccc(Cc3nnn[nH]3)cc2)cn1. The summed E-state index contributed by atoms with van der Waals surface area (Å²) in [6, 6.07) is 10.8. The van der Waals surface area contributed by atoms with Crippen molar-refractivity contribution in [2.45, 2.75) is 13.3 Å². The van der Waals surface area contributed by atoms with Gasteiger partial charge >= 0.3 is 6.03 Å². The number of nitrogens with zero attached hydrogens (tertiary/aromatic N) is 4. The van der Waals surface area contributed by atoms with Crippen molar-refractivity contribution in [1.82, 2.24) is 30.9 Å². The first-order valence-corrected chi connectivity index (χ1v) is 10.8. The average Bonchev–Trinajstić information content (AvgIpc) is 3.33. The summed E-state index contributed by atoms with van der Waals surface area (Å²) in [6.45, 7) is 2.15. The fourth-order valence-electron chi connectivity index (χ4n) is 3.26. The quantitative estimate of drug-likeness (QED) is 0.252. The minimum absolute atomic E-state index is 0.0722. The Morgan fingerprint density at radius 3 is 2.39 bits per heavy atom. The molecule has 36 heavy (non-hydrogen) atoms. The molecule has 0 atom stereocenters. The van der Waals surface area contributed by atoms with Crippen molar-refractivity contribution in [3.8, 4) is 0 Å². The van der Waals surface area contributed by atoms with E-state index in [9.17, 15) is 18.4 Å². The van der Waals surface area contributed by atoms with Crippen molar-refractivity contribution >= 4 is 34.8 Å². The van der Waals surface area contributed by atoms with Crippen LogP contribution >= 0.6 is 0 Å². The van der Waals surface area contributed by atoms with Crippen molar-refractivity contribution in [2.75, 3.05) is 22.5 Å². The Kier molecular flexibility index (Phi) is 7.39. The van der Waals surface area contributed by atoms with Gasteiger partial charge in [-0.3, -0.25) is 10.1 Å². The molecule has 11 nitrogen and oxygen atoms in total. The van der Waals surface area contributed by atoms with Gasteiger partial charge in [-0.05, 0) is 47.2 Å². The van der Waals surface area contributed by atoms with Crippen molar-refractivity contribution in [3.05, 3.63) is 83.3 Å². The summed E-state index contributed by atoms with van der Waals surface area (Å²) in [4.78, 5) is 29.1. The number of amides is 3. The molecule has 0 aliphatic rings. The number of halogens is 2. The lowest BCUT2D eigenvalue weighted by Crippen LogP contribution is -2.28. The molecule has 0 fully saturated rings. The van der Waals surface area contributed by atoms with Gasteiger partial charge in [0.1, 0.15) is 17.5 Å². The fourth-order valence-corrected chi connectivity index (χ4v) is 3.26. The van der Waals surface area contributed by atoms with E-state index >= 15 is 0 Å². The van der Waals surface area contributed by atoms with Gasteiger partial charge in [0, 0.05) is 42.7 Å². The summed E-state index contributed by atoms with van der Waals surface area (Å²) in [5.74, 6) is -1.38. The molecule has 0 aliphatic heterocycles. The van der Waals surface area contributed by atoms with Gasteiger partial charge in [-0.15, -0.1) is 5.10 Å². The molecule has 2 aromatic heterocycles. The first-order valence-electron chi connectivity index (χ1n) is 10.8. The number of hydrogen-bond donors (Lipinski definition) is 5. The molecule has 0 saturated carbocycles. The molecule has 4 rings (SSSR count). The van der Waals surface area contributed by atoms with Gasteiger partial charge in [-0.1, -0.05) is 12.1 Å². The lowest BCUT2D eigenvalue weighted by atomic mass is 10.1. The number of urea groups is 1. The van der Waals surface area contributed by atoms with E-state index in [0.29, 0.717) is 24.5 Å². The maximum Gasteiger partial charge on any atom is 0.320 e. The number of carbonyl (C=O) groups excluding carboxylic acids is 2. The highest BCUT2D eigenvalue weighted by atomic mass is 19.1. The Bertz CT molecular complexity index is 1340. The van der Waals surface area contributed by atoms with Crippen LogP contribution < -0.4 is 21.3 Å². The molecule has 184 valence electrons. The molecule has 13 heteroatoms. The van der Waals surface area contributed by atoms with Crippen LogP contribution in [-0.4, -0.2) is 44.1 Å². The Labute approximate surface area is 203 Å². The summed E-state index contributed by atoms with van der Waals surface area (Å²) in [5.41, 5.74) is 1.76. The Balaban J connectivity index is 1.56. The predicted octanol–water partition coefficient (Wildman–Crippen LogP) is 3.60. The number of carbonyl (C=O) groups is 2. The number of rotatable bonds is 8. The first kappa shape index (κ1) is 24.2. The topological polar surface area (TPSA) is 150 Å². The maximum atomic E-state index is 13.7. The number of nitrogens with one attached hydrogen (secondary N) is 5. The molecular weight excluding hydrogens is 472 g/mol. The highest BCUT2D eigenvalue weighted by Gasteiger charge is 2.16. The Hall–Kier alpha value is -4.94. The zero-order valence-electron chi connectivity index (χ0n) is 19.0. The number of anilines is 4. The van der Waals surface area contributed by atoms with Gasteiger partial charge in [-0.2, -0.15) is 0 Å². The first-order chi connectivity index (χ1) is 17.4. The van der Waals surface area contributed by atoms with Gasteiger partial charge in [0.05, 0.1) is 11.3 Å². The van der Waals surface area contributed by atoms with Crippen molar-refractivity contribution < 1.29 is 18.4 Å². The minimum atomic E-state index is -0.792. The largest absolute Gasteiger partial charge is 0.355 e. The molecule has 4 aromatic rings. The second-order valence-electron chi connectivity index (χ2n) is 7.56. The van der Waals surface area contributed by atoms with Crippen LogP contribution in [0.5, 0.6) is 0 Å². The average molecular weight is 493 g/mol. The molecule has 0 radical (unpaired) electrons. The standard InChI is InChI=1S/C23H21F2N9O2/c1-2-26-23(36)30-20-11-19(28-17-9-14(24)8-15(25)10-17)18(12-27-20)22(35)29-16-5-3-13(4-6-16)7-21-31-33-34-32-21/h3-6,8-12H,2,7H2,1H3,(H,29,35)(H,31,32,33,34)(H3,26,27,28,30,36). The molecule has 0 spiro atoms. The van der Waals surface area contributed by atoms with Crippen LogP contribution in [0.25, 0.3) is 0 Å². The Morgan fingerprint density at radius 1 is 0.972 bits per heavy atom. The molecule has 0 aliphatic carbocycles. The molecule has 0 saturated heterocycles. The summed E-state index contributed by atoms with van der Waals surface area (Å²) in [7, 11) is 0. The van der Waals surface area contributed by atoms with Gasteiger partial charge in [0.25, 0.3) is 5.91 Å². The van der Waals surface area contributed by atoms with Crippen LogP contribution in [-0.2, 0) is 6.42 Å². The summed E-state index contributed by atoms with van der Waals surface area (Å²) >= 11 is 0. The maximum absolute atomic E-state index is 13.7. The van der Waals surface area contributed by atoms with Gasteiger partial charge in [0.15, 0.2) is 5.82 Å². The number of pyridine rings is 1. The monoisotopic (exact) mass is 493 g/mol. The van der Waals surface area contributed by atoms with E-state index in [4.69, 9.17) is 0 Å². The van der Waals surface area contributed by atoms with E-state index in [1.54, 1.807) is 19.1 Å². The lowest BCUT2D eigenvalue weighted by molar-refractivity contribution is 0.102. The third-order valence-corrected chi connectivity index (χ3v) is 4.84. The highest BCUT2D eigenvalue weighted by molar-refractivity contribution is 6.08. The summed E-state index contributed by atoms with van der Waals surface area (Å²) in [5, 5.41) is 24.3. The molecule has 2 heterocycles. The normalized spacial score (nSPS) is 10.5. The van der Waals surface area contributed by atoms with E-state index in [-0.39, 0.29) is 22.8 Å². The van der Waals surface area contributed by atoms with Crippen molar-refractivity contribution in [1.29, 1.82) is 0 Å². The highest BCUT2D eigenvalue weighted by Crippen LogP contribution is 2.26. The molecule has 5 N–H and O–H groups in total. The van der Waals surface area contributed by atoms with Crippen LogP contribution in [0, 0.1) is 11.6 Å². The number of benzene rings is 2. The van der Waals surface area contributed by atoms with E-state index in [1.807, 2.05) is 12.1 Å². The van der Waals surface area contributed by atoms with Crippen LogP contribution in [0.4, 0.5) is 36.5 Å². The van der Waals surface area contributed by atoms with Crippen LogP contribution in [0.15, 0.2) is 54.7 Å². The lowest BCUT2D eigenvalue weighted by Gasteiger charge is -2.14. The van der Waals surface area contributed by atoms with E-state index < -0.39 is 23.6 Å². The third kappa shape index (κ3) is 6.34. The van der Waals surface area contributed by atoms with Crippen LogP contribution in [0.3, 0.4) is 0 Å². The molecule has 2 aromatic carbocycles. The zero-order chi connectivity index (χ0) is 25.5. The summed E-state index contributed by atoms with van der Waals surface area (Å²) < 4.78 is 27.4. The zero-order valence-corrected chi connectivity index (χ0v) is 19.0. The van der Waals surface area contributed by atoms with Crippen molar-refractivity contribution in [2.24, 2.45) is 0 Å². The molecule has 0 bridgehead atoms. The molecular formula is C23H21F2N9O2. The van der Waals surface area contributed by atoms with E-state index in [0.717, 1.165) is 23.8 Å². The predicted molar refractivity (Wildman–Crippen MR) is 128 cm³/mol. The molecule has 0 unspecified atom stereocenters. The number of H-pyrrole nitrogens is 1. The van der Waals surface area contributed by atoms with Gasteiger partial charge in [0.2, 0.25) is 0 Å². The van der Waals surface area contributed by atoms with Gasteiger partial charge in [-0.25, -0.2) is 23.7 Å².